The van der Waals surface area contributed by atoms with Crippen LogP contribution < -0.4 is 0 Å². The number of nitrogens with zero attached hydrogens (tertiary/aromatic N) is 3. The van der Waals surface area contributed by atoms with Crippen molar-refractivity contribution in [2.45, 2.75) is 32.3 Å². The lowest BCUT2D eigenvalue weighted by atomic mass is 10.2. The van der Waals surface area contributed by atoms with E-state index in [-0.39, 0.29) is 18.4 Å². The van der Waals surface area contributed by atoms with Crippen molar-refractivity contribution >= 4 is 5.91 Å². The molecule has 1 aromatic heterocycles. The zero-order valence-electron chi connectivity index (χ0n) is 12.4. The minimum Gasteiger partial charge on any atom is -0.378 e. The number of nitrogens with one attached hydrogen (secondary N) is 1. The smallest absolute Gasteiger partial charge is 0.230 e. The monoisotopic (exact) mass is 294 g/mol. The quantitative estimate of drug-likeness (QED) is 0.816. The first-order valence-corrected chi connectivity index (χ1v) is 7.55. The van der Waals surface area contributed by atoms with Gasteiger partial charge in [0, 0.05) is 19.7 Å². The molecule has 1 aliphatic heterocycles. The Kier molecular flexibility index (Phi) is 4.50. The maximum absolute atomic E-state index is 12.3. The highest BCUT2D eigenvalue weighted by Crippen LogP contribution is 2.28. The van der Waals surface area contributed by atoms with Gasteiger partial charge in [-0.15, -0.1) is 0 Å². The molecule has 1 atom stereocenters. The number of hydrogen-bond donors (Lipinski definition) is 1. The SMILES string of the molecule is Cc1nc(CC(=O)N2CCO[C@@H](COCC3CC3)C2)n[nH]1. The molecule has 1 N–H and O–H groups in total. The molecule has 0 aromatic carbocycles. The zero-order chi connectivity index (χ0) is 14.7. The first-order chi connectivity index (χ1) is 10.2. The average Bonchev–Trinajstić information content (AvgIpc) is 3.21. The Morgan fingerprint density at radius 2 is 2.33 bits per heavy atom. The number of carbonyl (C=O) groups is 1. The Labute approximate surface area is 124 Å². The average molecular weight is 294 g/mol. The van der Waals surface area contributed by atoms with Crippen LogP contribution in [0, 0.1) is 12.8 Å². The molecule has 21 heavy (non-hydrogen) atoms. The number of ether oxygens (including phenoxy) is 2. The summed E-state index contributed by atoms with van der Waals surface area (Å²) in [6, 6.07) is 0. The van der Waals surface area contributed by atoms with Gasteiger partial charge in [0.25, 0.3) is 0 Å². The molecular formula is C14H22N4O3. The fourth-order valence-electron chi connectivity index (χ4n) is 2.41. The number of amides is 1. The molecule has 7 heteroatoms. The highest BCUT2D eigenvalue weighted by molar-refractivity contribution is 5.78. The summed E-state index contributed by atoms with van der Waals surface area (Å²) in [6.45, 7) is 5.00. The van der Waals surface area contributed by atoms with E-state index in [0.717, 1.165) is 18.3 Å². The van der Waals surface area contributed by atoms with Gasteiger partial charge in [0.05, 0.1) is 25.7 Å². The van der Waals surface area contributed by atoms with Crippen molar-refractivity contribution in [2.24, 2.45) is 5.92 Å². The highest BCUT2D eigenvalue weighted by atomic mass is 16.5. The summed E-state index contributed by atoms with van der Waals surface area (Å²) < 4.78 is 11.3. The number of aromatic nitrogens is 3. The van der Waals surface area contributed by atoms with E-state index in [1.54, 1.807) is 0 Å². The summed E-state index contributed by atoms with van der Waals surface area (Å²) in [5.74, 6) is 2.07. The summed E-state index contributed by atoms with van der Waals surface area (Å²) in [7, 11) is 0. The Morgan fingerprint density at radius 3 is 3.05 bits per heavy atom. The lowest BCUT2D eigenvalue weighted by Gasteiger charge is -2.32. The molecule has 0 unspecified atom stereocenters. The number of rotatable bonds is 6. The first-order valence-electron chi connectivity index (χ1n) is 7.55. The van der Waals surface area contributed by atoms with Crippen molar-refractivity contribution in [1.29, 1.82) is 0 Å². The van der Waals surface area contributed by atoms with Crippen LogP contribution in [0.2, 0.25) is 0 Å². The lowest BCUT2D eigenvalue weighted by molar-refractivity contribution is -0.140. The predicted molar refractivity (Wildman–Crippen MR) is 74.7 cm³/mol. The molecule has 1 amide bonds. The van der Waals surface area contributed by atoms with Crippen LogP contribution in [0.4, 0.5) is 0 Å². The molecule has 0 radical (unpaired) electrons. The summed E-state index contributed by atoms with van der Waals surface area (Å²) in [4.78, 5) is 18.2. The Balaban J connectivity index is 1.44. The summed E-state index contributed by atoms with van der Waals surface area (Å²) in [5.41, 5.74) is 0. The molecular weight excluding hydrogens is 272 g/mol. The second kappa shape index (κ2) is 6.53. The van der Waals surface area contributed by atoms with Gasteiger partial charge in [-0.05, 0) is 25.7 Å². The van der Waals surface area contributed by atoms with Crippen molar-refractivity contribution in [3.63, 3.8) is 0 Å². The van der Waals surface area contributed by atoms with Crippen molar-refractivity contribution in [1.82, 2.24) is 20.1 Å². The van der Waals surface area contributed by atoms with Crippen LogP contribution in [-0.2, 0) is 20.7 Å². The number of aromatic amines is 1. The molecule has 3 rings (SSSR count). The van der Waals surface area contributed by atoms with Gasteiger partial charge in [-0.25, -0.2) is 4.98 Å². The number of hydrogen-bond acceptors (Lipinski definition) is 5. The van der Waals surface area contributed by atoms with E-state index < -0.39 is 0 Å². The standard InChI is InChI=1S/C14H22N4O3/c1-10-15-13(17-16-10)6-14(19)18-4-5-21-12(7-18)9-20-8-11-2-3-11/h11-12H,2-9H2,1H3,(H,15,16,17)/t12-/m1/s1. The summed E-state index contributed by atoms with van der Waals surface area (Å²) in [6.07, 6.45) is 2.79. The number of morpholine rings is 1. The molecule has 1 aliphatic carbocycles. The van der Waals surface area contributed by atoms with E-state index >= 15 is 0 Å². The maximum atomic E-state index is 12.3. The Hall–Kier alpha value is -1.47. The van der Waals surface area contributed by atoms with Crippen molar-refractivity contribution in [2.75, 3.05) is 32.9 Å². The van der Waals surface area contributed by atoms with E-state index in [4.69, 9.17) is 9.47 Å². The largest absolute Gasteiger partial charge is 0.378 e. The molecule has 2 heterocycles. The zero-order valence-corrected chi connectivity index (χ0v) is 12.4. The normalized spacial score (nSPS) is 22.5. The third-order valence-electron chi connectivity index (χ3n) is 3.80. The van der Waals surface area contributed by atoms with Gasteiger partial charge in [-0.2, -0.15) is 5.10 Å². The van der Waals surface area contributed by atoms with Crippen LogP contribution in [0.5, 0.6) is 0 Å². The summed E-state index contributed by atoms with van der Waals surface area (Å²) >= 11 is 0. The van der Waals surface area contributed by atoms with Gasteiger partial charge < -0.3 is 14.4 Å². The minimum atomic E-state index is -0.0182. The molecule has 2 fully saturated rings. The molecule has 1 aromatic rings. The maximum Gasteiger partial charge on any atom is 0.230 e. The highest BCUT2D eigenvalue weighted by Gasteiger charge is 2.26. The van der Waals surface area contributed by atoms with E-state index in [9.17, 15) is 4.79 Å². The second-order valence-electron chi connectivity index (χ2n) is 5.83. The van der Waals surface area contributed by atoms with Gasteiger partial charge in [-0.1, -0.05) is 0 Å². The second-order valence-corrected chi connectivity index (χ2v) is 5.83. The number of H-pyrrole nitrogens is 1. The van der Waals surface area contributed by atoms with Gasteiger partial charge >= 0.3 is 0 Å². The van der Waals surface area contributed by atoms with E-state index in [0.29, 0.717) is 32.1 Å². The van der Waals surface area contributed by atoms with E-state index in [1.807, 2.05) is 11.8 Å². The van der Waals surface area contributed by atoms with E-state index in [1.165, 1.54) is 12.8 Å². The van der Waals surface area contributed by atoms with Gasteiger partial charge in [-0.3, -0.25) is 9.89 Å². The fourth-order valence-corrected chi connectivity index (χ4v) is 2.41. The third kappa shape index (κ3) is 4.25. The van der Waals surface area contributed by atoms with Crippen molar-refractivity contribution in [3.8, 4) is 0 Å². The van der Waals surface area contributed by atoms with Gasteiger partial charge in [0.15, 0.2) is 5.82 Å². The van der Waals surface area contributed by atoms with E-state index in [2.05, 4.69) is 15.2 Å². The van der Waals surface area contributed by atoms with Crippen LogP contribution in [0.25, 0.3) is 0 Å². The number of aryl methyl sites for hydroxylation is 1. The van der Waals surface area contributed by atoms with Crippen LogP contribution in [0.3, 0.4) is 0 Å². The molecule has 1 saturated heterocycles. The third-order valence-corrected chi connectivity index (χ3v) is 3.80. The molecule has 116 valence electrons. The molecule has 0 bridgehead atoms. The number of carbonyl (C=O) groups excluding carboxylic acids is 1. The van der Waals surface area contributed by atoms with Crippen molar-refractivity contribution < 1.29 is 14.3 Å². The Morgan fingerprint density at radius 1 is 1.48 bits per heavy atom. The van der Waals surface area contributed by atoms with Gasteiger partial charge in [0.1, 0.15) is 5.82 Å². The Bertz CT molecular complexity index is 486. The molecule has 0 spiro atoms. The lowest BCUT2D eigenvalue weighted by Crippen LogP contribution is -2.47. The fraction of sp³-hybridized carbons (Fsp3) is 0.786. The van der Waals surface area contributed by atoms with Crippen LogP contribution in [0.1, 0.15) is 24.5 Å². The van der Waals surface area contributed by atoms with Crippen molar-refractivity contribution in [3.05, 3.63) is 11.6 Å². The first kappa shape index (κ1) is 14.5. The topological polar surface area (TPSA) is 80.3 Å². The predicted octanol–water partition coefficient (Wildman–Crippen LogP) is 0.310. The summed E-state index contributed by atoms with van der Waals surface area (Å²) in [5, 5.41) is 6.76. The molecule has 7 nitrogen and oxygen atoms in total. The minimum absolute atomic E-state index is 0.0182. The van der Waals surface area contributed by atoms with Crippen LogP contribution in [0.15, 0.2) is 0 Å². The van der Waals surface area contributed by atoms with Crippen LogP contribution >= 0.6 is 0 Å². The molecule has 1 saturated carbocycles. The van der Waals surface area contributed by atoms with Crippen LogP contribution in [-0.4, -0.2) is 65.0 Å². The van der Waals surface area contributed by atoms with Gasteiger partial charge in [0.2, 0.25) is 5.91 Å². The molecule has 2 aliphatic rings.